The molecule has 11 heteroatoms. The van der Waals surface area contributed by atoms with Crippen LogP contribution in [0.4, 0.5) is 10.1 Å². The van der Waals surface area contributed by atoms with Gasteiger partial charge in [-0.2, -0.15) is 0 Å². The summed E-state index contributed by atoms with van der Waals surface area (Å²) in [5, 5.41) is 3.48. The first-order valence-electron chi connectivity index (χ1n) is 14.5. The van der Waals surface area contributed by atoms with Crippen molar-refractivity contribution in [1.29, 1.82) is 0 Å². The Bertz CT molecular complexity index is 1640. The summed E-state index contributed by atoms with van der Waals surface area (Å²) in [6, 6.07) is 18.4. The minimum Gasteiger partial charge on any atom is -0.357 e. The number of carbonyl (C=O) groups is 2. The van der Waals surface area contributed by atoms with E-state index >= 15 is 0 Å². The fourth-order valence-electron chi connectivity index (χ4n) is 5.54. The van der Waals surface area contributed by atoms with Crippen molar-refractivity contribution in [3.05, 3.63) is 99.8 Å². The molecule has 5 rings (SSSR count). The van der Waals surface area contributed by atoms with E-state index in [1.54, 1.807) is 74.2 Å². The minimum absolute atomic E-state index is 0.0184. The number of morpholine rings is 1. The number of hydrogen-bond donors (Lipinski definition) is 1. The number of rotatable bonds is 9. The topological polar surface area (TPSA) is 92.8 Å². The SMILES string of the molecule is CC(C)(C)S(=O)(=O)CC(C1CC1)N1C(=O)C(CC(=O)Nc2ccccc2F)OC(c2cccc(Cl)c2)C1c1ccc(Cl)cc1. The van der Waals surface area contributed by atoms with Gasteiger partial charge < -0.3 is 15.0 Å². The molecule has 0 bridgehead atoms. The molecule has 2 fully saturated rings. The van der Waals surface area contributed by atoms with Crippen molar-refractivity contribution in [2.24, 2.45) is 5.92 Å². The van der Waals surface area contributed by atoms with Crippen LogP contribution >= 0.6 is 23.2 Å². The fourth-order valence-corrected chi connectivity index (χ4v) is 7.24. The predicted octanol–water partition coefficient (Wildman–Crippen LogP) is 7.16. The molecular weight excluding hydrogens is 626 g/mol. The lowest BCUT2D eigenvalue weighted by molar-refractivity contribution is -0.180. The lowest BCUT2D eigenvalue weighted by Crippen LogP contribution is -2.58. The second-order valence-corrected chi connectivity index (χ2v) is 16.0. The average molecular weight is 662 g/mol. The van der Waals surface area contributed by atoms with Crippen molar-refractivity contribution in [1.82, 2.24) is 4.90 Å². The van der Waals surface area contributed by atoms with Gasteiger partial charge in [0.05, 0.1) is 28.6 Å². The van der Waals surface area contributed by atoms with Gasteiger partial charge in [0.25, 0.3) is 5.91 Å². The van der Waals surface area contributed by atoms with Crippen LogP contribution in [-0.2, 0) is 24.2 Å². The van der Waals surface area contributed by atoms with Gasteiger partial charge in [0.15, 0.2) is 9.84 Å². The molecule has 0 spiro atoms. The third-order valence-electron chi connectivity index (χ3n) is 8.18. The standard InChI is InChI=1S/C33H35Cl2FN2O5S/c1-33(2,3)44(41,42)19-27(20-11-12-20)38-30(21-13-15-23(34)16-14-21)31(22-7-6-8-24(35)17-22)43-28(32(38)40)18-29(39)37-26-10-5-4-9-25(26)36/h4-10,13-17,20,27-28,30-31H,11-12,18-19H2,1-3H3,(H,37,39). The summed E-state index contributed by atoms with van der Waals surface area (Å²) in [6.45, 7) is 4.94. The number of halogens is 3. The molecule has 234 valence electrons. The second-order valence-electron chi connectivity index (χ2n) is 12.4. The molecule has 1 saturated carbocycles. The van der Waals surface area contributed by atoms with Crippen LogP contribution < -0.4 is 5.32 Å². The van der Waals surface area contributed by atoms with Crippen molar-refractivity contribution in [3.63, 3.8) is 0 Å². The quantitative estimate of drug-likeness (QED) is 0.263. The third kappa shape index (κ3) is 7.12. The van der Waals surface area contributed by atoms with Crippen molar-refractivity contribution in [2.45, 2.75) is 69.1 Å². The Hall–Kier alpha value is -2.98. The molecule has 0 radical (unpaired) electrons. The molecule has 1 heterocycles. The number of benzene rings is 3. The largest absolute Gasteiger partial charge is 0.357 e. The van der Waals surface area contributed by atoms with E-state index in [0.717, 1.165) is 12.8 Å². The molecule has 4 atom stereocenters. The van der Waals surface area contributed by atoms with Gasteiger partial charge in [-0.1, -0.05) is 59.6 Å². The number of hydrogen-bond acceptors (Lipinski definition) is 5. The van der Waals surface area contributed by atoms with Crippen molar-refractivity contribution >= 4 is 50.5 Å². The average Bonchev–Trinajstić information content (AvgIpc) is 3.80. The van der Waals surface area contributed by atoms with E-state index < -0.39 is 62.9 Å². The van der Waals surface area contributed by atoms with Gasteiger partial charge in [0.2, 0.25) is 5.91 Å². The summed E-state index contributed by atoms with van der Waals surface area (Å²) in [7, 11) is -3.66. The summed E-state index contributed by atoms with van der Waals surface area (Å²) in [4.78, 5) is 29.3. The number of para-hydroxylation sites is 1. The van der Waals surface area contributed by atoms with Gasteiger partial charge in [-0.3, -0.25) is 9.59 Å². The summed E-state index contributed by atoms with van der Waals surface area (Å²) in [5.74, 6) is -2.02. The Morgan fingerprint density at radius 2 is 1.68 bits per heavy atom. The van der Waals surface area contributed by atoms with Gasteiger partial charge in [-0.05, 0) is 87.1 Å². The number of ether oxygens (including phenoxy) is 1. The number of nitrogens with zero attached hydrogens (tertiary/aromatic N) is 1. The van der Waals surface area contributed by atoms with Crippen LogP contribution in [0.3, 0.4) is 0 Å². The van der Waals surface area contributed by atoms with Crippen molar-refractivity contribution < 1.29 is 27.1 Å². The van der Waals surface area contributed by atoms with Gasteiger partial charge in [0.1, 0.15) is 18.0 Å². The van der Waals surface area contributed by atoms with Crippen LogP contribution in [0.2, 0.25) is 10.0 Å². The van der Waals surface area contributed by atoms with E-state index in [1.807, 2.05) is 6.07 Å². The minimum atomic E-state index is -3.66. The van der Waals surface area contributed by atoms with E-state index in [4.69, 9.17) is 27.9 Å². The van der Waals surface area contributed by atoms with Crippen LogP contribution in [0.25, 0.3) is 0 Å². The summed E-state index contributed by atoms with van der Waals surface area (Å²) >= 11 is 12.6. The van der Waals surface area contributed by atoms with Crippen LogP contribution in [0.5, 0.6) is 0 Å². The van der Waals surface area contributed by atoms with Gasteiger partial charge in [0, 0.05) is 16.1 Å². The molecular formula is C33H35Cl2FN2O5S. The van der Waals surface area contributed by atoms with Crippen LogP contribution in [0.1, 0.15) is 63.3 Å². The Kier molecular flexibility index (Phi) is 9.42. The number of anilines is 1. The molecule has 2 aliphatic rings. The highest BCUT2D eigenvalue weighted by Crippen LogP contribution is 2.48. The number of nitrogens with one attached hydrogen (secondary N) is 1. The molecule has 3 aromatic carbocycles. The fraction of sp³-hybridized carbons (Fsp3) is 0.394. The maximum atomic E-state index is 14.5. The maximum absolute atomic E-state index is 14.5. The third-order valence-corrected chi connectivity index (χ3v) is 11.3. The molecule has 4 unspecified atom stereocenters. The van der Waals surface area contributed by atoms with Crippen molar-refractivity contribution in [2.75, 3.05) is 11.1 Å². The van der Waals surface area contributed by atoms with E-state index in [-0.39, 0.29) is 17.4 Å². The van der Waals surface area contributed by atoms with Crippen molar-refractivity contribution in [3.8, 4) is 0 Å². The van der Waals surface area contributed by atoms with Gasteiger partial charge in [-0.25, -0.2) is 12.8 Å². The van der Waals surface area contributed by atoms with Crippen LogP contribution in [0.15, 0.2) is 72.8 Å². The number of carbonyl (C=O) groups excluding carboxylic acids is 2. The van der Waals surface area contributed by atoms with E-state index in [0.29, 0.717) is 21.2 Å². The summed E-state index contributed by atoms with van der Waals surface area (Å²) in [6.07, 6.45) is -0.951. The smallest absolute Gasteiger partial charge is 0.253 e. The Morgan fingerprint density at radius 1 is 1.00 bits per heavy atom. The predicted molar refractivity (Wildman–Crippen MR) is 170 cm³/mol. The highest BCUT2D eigenvalue weighted by Gasteiger charge is 2.52. The zero-order valence-electron chi connectivity index (χ0n) is 24.7. The van der Waals surface area contributed by atoms with E-state index in [1.165, 1.54) is 18.2 Å². The highest BCUT2D eigenvalue weighted by molar-refractivity contribution is 7.92. The first-order valence-corrected chi connectivity index (χ1v) is 16.9. The zero-order chi connectivity index (χ0) is 31.8. The molecule has 7 nitrogen and oxygen atoms in total. The first kappa shape index (κ1) is 32.4. The van der Waals surface area contributed by atoms with E-state index in [9.17, 15) is 22.4 Å². The summed E-state index contributed by atoms with van der Waals surface area (Å²) in [5.41, 5.74) is 1.33. The van der Waals surface area contributed by atoms with Gasteiger partial charge in [-0.15, -0.1) is 0 Å². The molecule has 1 saturated heterocycles. The molecule has 1 N–H and O–H groups in total. The van der Waals surface area contributed by atoms with Crippen LogP contribution in [0, 0.1) is 11.7 Å². The van der Waals surface area contributed by atoms with Crippen LogP contribution in [-0.4, -0.2) is 47.8 Å². The second kappa shape index (κ2) is 12.8. The Morgan fingerprint density at radius 3 is 2.30 bits per heavy atom. The number of amides is 2. The monoisotopic (exact) mass is 660 g/mol. The Balaban J connectivity index is 1.60. The van der Waals surface area contributed by atoms with E-state index in [2.05, 4.69) is 5.32 Å². The molecule has 1 aliphatic carbocycles. The molecule has 44 heavy (non-hydrogen) atoms. The maximum Gasteiger partial charge on any atom is 0.253 e. The van der Waals surface area contributed by atoms with Gasteiger partial charge >= 0.3 is 0 Å². The molecule has 0 aromatic heterocycles. The first-order chi connectivity index (χ1) is 20.7. The highest BCUT2D eigenvalue weighted by atomic mass is 35.5. The Labute approximate surface area is 267 Å². The normalized spacial score (nSPS) is 21.6. The zero-order valence-corrected chi connectivity index (χ0v) is 27.0. The lowest BCUT2D eigenvalue weighted by Gasteiger charge is -2.48. The molecule has 2 amide bonds. The number of sulfone groups is 1. The molecule has 1 aliphatic heterocycles. The summed E-state index contributed by atoms with van der Waals surface area (Å²) < 4.78 is 47.0. The molecule has 3 aromatic rings. The lowest BCUT2D eigenvalue weighted by atomic mass is 9.89.